The number of halogens is 2. The molecule has 3 N–H and O–H groups in total. The number of rotatable bonds is 5. The van der Waals surface area contributed by atoms with E-state index < -0.39 is 46.1 Å². The molecule has 12 heteroatoms. The number of pyridine rings is 1. The van der Waals surface area contributed by atoms with E-state index in [-0.39, 0.29) is 35.7 Å². The second-order valence-electron chi connectivity index (χ2n) is 8.93. The molecule has 34 heavy (non-hydrogen) atoms. The van der Waals surface area contributed by atoms with E-state index in [1.54, 1.807) is 25.7 Å². The van der Waals surface area contributed by atoms with Gasteiger partial charge in [-0.2, -0.15) is 0 Å². The smallest absolute Gasteiger partial charge is 0.407 e. The number of aromatic nitrogens is 1. The highest BCUT2D eigenvalue weighted by molar-refractivity contribution is 5.88. The van der Waals surface area contributed by atoms with Crippen LogP contribution in [0.15, 0.2) is 24.4 Å². The molecule has 1 aliphatic heterocycles. The Balaban J connectivity index is 1.98. The van der Waals surface area contributed by atoms with E-state index in [4.69, 9.17) is 15.2 Å². The van der Waals surface area contributed by atoms with Crippen LogP contribution < -0.4 is 16.0 Å². The first kappa shape index (κ1) is 25.1. The lowest BCUT2D eigenvalue weighted by atomic mass is 9.98. The standard InChI is InChI=1S/C22H27F2N5O5/c1-22(2,3)34-21(30)27-16-5-6-28(11-17(16)33-4)18-15(10-26-20(25)19(18)29(31)32)12-7-13(23)9-14(24)8-12/h7-10,16-17H,5-6,11H2,1-4H3,(H2,25,26)(H,27,30)/t16-,17-/m1/s1. The Bertz CT molecular complexity index is 1070. The molecule has 1 fully saturated rings. The van der Waals surface area contributed by atoms with E-state index in [0.29, 0.717) is 12.5 Å². The van der Waals surface area contributed by atoms with Crippen LogP contribution in [0.2, 0.25) is 0 Å². The number of nitro groups is 1. The van der Waals surface area contributed by atoms with Crippen molar-refractivity contribution < 1.29 is 28.0 Å². The van der Waals surface area contributed by atoms with Crippen molar-refractivity contribution in [1.29, 1.82) is 0 Å². The number of ether oxygens (including phenoxy) is 2. The van der Waals surface area contributed by atoms with E-state index >= 15 is 0 Å². The average molecular weight is 479 g/mol. The van der Waals surface area contributed by atoms with Crippen LogP contribution in [0, 0.1) is 21.7 Å². The van der Waals surface area contributed by atoms with Crippen LogP contribution in [-0.2, 0) is 9.47 Å². The minimum Gasteiger partial charge on any atom is -0.444 e. The van der Waals surface area contributed by atoms with Crippen molar-refractivity contribution in [2.45, 2.75) is 44.9 Å². The Morgan fingerprint density at radius 1 is 1.29 bits per heavy atom. The maximum Gasteiger partial charge on any atom is 0.407 e. The van der Waals surface area contributed by atoms with Gasteiger partial charge in [-0.1, -0.05) is 0 Å². The van der Waals surface area contributed by atoms with E-state index in [1.807, 2.05) is 0 Å². The monoisotopic (exact) mass is 479 g/mol. The SMILES string of the molecule is CO[C@@H]1CN(c2c(-c3cc(F)cc(F)c3)cnc(N)c2[N+](=O)[O-])CC[C@H]1NC(=O)OC(C)(C)C. The van der Waals surface area contributed by atoms with Crippen LogP contribution in [0.3, 0.4) is 0 Å². The van der Waals surface area contributed by atoms with Crippen molar-refractivity contribution in [2.24, 2.45) is 0 Å². The summed E-state index contributed by atoms with van der Waals surface area (Å²) in [6.45, 7) is 5.62. The summed E-state index contributed by atoms with van der Waals surface area (Å²) in [4.78, 5) is 29.0. The molecule has 2 atom stereocenters. The number of hydrogen-bond donors (Lipinski definition) is 2. The van der Waals surface area contributed by atoms with E-state index in [1.165, 1.54) is 13.3 Å². The molecule has 0 unspecified atom stereocenters. The van der Waals surface area contributed by atoms with E-state index in [9.17, 15) is 23.7 Å². The third-order valence-electron chi connectivity index (χ3n) is 5.29. The van der Waals surface area contributed by atoms with Gasteiger partial charge < -0.3 is 25.4 Å². The van der Waals surface area contributed by atoms with Crippen LogP contribution in [-0.4, -0.2) is 53.9 Å². The normalized spacial score (nSPS) is 18.5. The van der Waals surface area contributed by atoms with Gasteiger partial charge in [0.15, 0.2) is 0 Å². The molecule has 184 valence electrons. The first-order chi connectivity index (χ1) is 15.9. The number of nitrogens with one attached hydrogen (secondary N) is 1. The molecule has 0 saturated carbocycles. The molecule has 1 aromatic heterocycles. The number of benzene rings is 1. The van der Waals surface area contributed by atoms with Gasteiger partial charge in [-0.25, -0.2) is 18.6 Å². The average Bonchev–Trinajstić information content (AvgIpc) is 2.71. The molecule has 1 aromatic carbocycles. The number of amides is 1. The van der Waals surface area contributed by atoms with Gasteiger partial charge in [0, 0.05) is 38.0 Å². The van der Waals surface area contributed by atoms with Crippen LogP contribution >= 0.6 is 0 Å². The number of piperidine rings is 1. The fraction of sp³-hybridized carbons (Fsp3) is 0.455. The Labute approximate surface area is 195 Å². The second-order valence-corrected chi connectivity index (χ2v) is 8.93. The summed E-state index contributed by atoms with van der Waals surface area (Å²) in [7, 11) is 1.45. The van der Waals surface area contributed by atoms with Crippen molar-refractivity contribution in [3.05, 3.63) is 46.1 Å². The van der Waals surface area contributed by atoms with Gasteiger partial charge in [0.2, 0.25) is 5.82 Å². The third kappa shape index (κ3) is 5.68. The predicted octanol–water partition coefficient (Wildman–Crippen LogP) is 3.64. The largest absolute Gasteiger partial charge is 0.444 e. The molecule has 3 rings (SSSR count). The van der Waals surface area contributed by atoms with Gasteiger partial charge in [0.25, 0.3) is 0 Å². The lowest BCUT2D eigenvalue weighted by Gasteiger charge is -2.39. The molecule has 1 amide bonds. The summed E-state index contributed by atoms with van der Waals surface area (Å²) in [6, 6.07) is 2.41. The van der Waals surface area contributed by atoms with Crippen molar-refractivity contribution >= 4 is 23.3 Å². The maximum atomic E-state index is 13.9. The van der Waals surface area contributed by atoms with Gasteiger partial charge in [-0.05, 0) is 44.9 Å². The van der Waals surface area contributed by atoms with Gasteiger partial charge in [0.1, 0.15) is 22.9 Å². The molecular weight excluding hydrogens is 452 g/mol. The molecule has 0 bridgehead atoms. The number of nitrogens with zero attached hydrogens (tertiary/aromatic N) is 3. The number of hydrogen-bond acceptors (Lipinski definition) is 8. The fourth-order valence-corrected chi connectivity index (χ4v) is 3.91. The molecule has 1 aliphatic rings. The second kappa shape index (κ2) is 9.75. The zero-order valence-corrected chi connectivity index (χ0v) is 19.3. The van der Waals surface area contributed by atoms with Crippen LogP contribution in [0.5, 0.6) is 0 Å². The number of alkyl carbamates (subject to hydrolysis) is 1. The summed E-state index contributed by atoms with van der Waals surface area (Å²) in [5, 5.41) is 14.7. The molecule has 2 heterocycles. The summed E-state index contributed by atoms with van der Waals surface area (Å²) < 4.78 is 38.7. The minimum atomic E-state index is -0.838. The summed E-state index contributed by atoms with van der Waals surface area (Å²) >= 11 is 0. The highest BCUT2D eigenvalue weighted by atomic mass is 19.1. The topological polar surface area (TPSA) is 133 Å². The molecule has 1 saturated heterocycles. The maximum absolute atomic E-state index is 13.9. The summed E-state index contributed by atoms with van der Waals surface area (Å²) in [5.41, 5.74) is 4.95. The number of anilines is 2. The predicted molar refractivity (Wildman–Crippen MR) is 121 cm³/mol. The zero-order chi connectivity index (χ0) is 25.2. The van der Waals surface area contributed by atoms with E-state index in [2.05, 4.69) is 10.3 Å². The lowest BCUT2D eigenvalue weighted by Crippen LogP contribution is -2.55. The molecule has 2 aromatic rings. The van der Waals surface area contributed by atoms with Gasteiger partial charge in [0.05, 0.1) is 17.1 Å². The summed E-state index contributed by atoms with van der Waals surface area (Å²) in [5.74, 6) is -2.01. The van der Waals surface area contributed by atoms with Crippen molar-refractivity contribution in [3.8, 4) is 11.1 Å². The Kier molecular flexibility index (Phi) is 7.20. The minimum absolute atomic E-state index is 0.0697. The Morgan fingerprint density at radius 3 is 2.50 bits per heavy atom. The van der Waals surface area contributed by atoms with Crippen molar-refractivity contribution in [1.82, 2.24) is 10.3 Å². The van der Waals surface area contributed by atoms with Crippen LogP contribution in [0.25, 0.3) is 11.1 Å². The first-order valence-corrected chi connectivity index (χ1v) is 10.6. The Hall–Kier alpha value is -3.54. The Morgan fingerprint density at radius 2 is 1.94 bits per heavy atom. The van der Waals surface area contributed by atoms with Crippen LogP contribution in [0.4, 0.5) is 30.8 Å². The molecule has 0 spiro atoms. The highest BCUT2D eigenvalue weighted by Crippen LogP contribution is 2.42. The zero-order valence-electron chi connectivity index (χ0n) is 19.3. The lowest BCUT2D eigenvalue weighted by molar-refractivity contribution is -0.383. The van der Waals surface area contributed by atoms with Gasteiger partial charge in [-0.3, -0.25) is 10.1 Å². The number of carbonyl (C=O) groups excluding carboxylic acids is 1. The molecule has 10 nitrogen and oxygen atoms in total. The fourth-order valence-electron chi connectivity index (χ4n) is 3.91. The molecule has 0 radical (unpaired) electrons. The quantitative estimate of drug-likeness (QED) is 0.491. The summed E-state index contributed by atoms with van der Waals surface area (Å²) in [6.07, 6.45) is 0.433. The van der Waals surface area contributed by atoms with Gasteiger partial charge >= 0.3 is 11.8 Å². The van der Waals surface area contributed by atoms with Gasteiger partial charge in [-0.15, -0.1) is 0 Å². The number of nitrogen functional groups attached to an aromatic ring is 1. The number of methoxy groups -OCH3 is 1. The van der Waals surface area contributed by atoms with E-state index in [0.717, 1.165) is 12.1 Å². The molecule has 0 aliphatic carbocycles. The highest BCUT2D eigenvalue weighted by Gasteiger charge is 2.36. The third-order valence-corrected chi connectivity index (χ3v) is 5.29. The number of carbonyl (C=O) groups is 1. The van der Waals surface area contributed by atoms with Crippen LogP contribution in [0.1, 0.15) is 27.2 Å². The number of nitrogens with two attached hydrogens (primary N) is 1. The first-order valence-electron chi connectivity index (χ1n) is 10.6. The van der Waals surface area contributed by atoms with Crippen molar-refractivity contribution in [2.75, 3.05) is 30.8 Å². The van der Waals surface area contributed by atoms with Crippen molar-refractivity contribution in [3.63, 3.8) is 0 Å². The molecular formula is C22H27F2N5O5.